The van der Waals surface area contributed by atoms with Gasteiger partial charge in [-0.25, -0.2) is 13.8 Å². The first-order valence-electron chi connectivity index (χ1n) is 13.9. The SMILES string of the molecule is NC(=O)c1ccc(Oc2ncn(CC3(O)CCN(C(=O)[C@@H]4CCC(F)(F)C[C@H]4c4ccccc4)CC3)c(=O)c2N)cc1Cl. The van der Waals surface area contributed by atoms with E-state index in [1.54, 1.807) is 29.2 Å². The van der Waals surface area contributed by atoms with Crippen molar-refractivity contribution in [3.05, 3.63) is 81.4 Å². The lowest BCUT2D eigenvalue weighted by molar-refractivity contribution is -0.145. The number of hydrogen-bond donors (Lipinski definition) is 3. The van der Waals surface area contributed by atoms with E-state index in [1.165, 1.54) is 29.1 Å². The van der Waals surface area contributed by atoms with Crippen molar-refractivity contribution in [1.29, 1.82) is 0 Å². The number of primary amides is 1. The van der Waals surface area contributed by atoms with Gasteiger partial charge in [0, 0.05) is 43.8 Å². The Kier molecular flexibility index (Phi) is 8.44. The lowest BCUT2D eigenvalue weighted by Crippen LogP contribution is -2.52. The highest BCUT2D eigenvalue weighted by atomic mass is 35.5. The highest BCUT2D eigenvalue weighted by Gasteiger charge is 2.46. The summed E-state index contributed by atoms with van der Waals surface area (Å²) in [5.74, 6) is -4.90. The number of nitrogen functional groups attached to an aromatic ring is 1. The van der Waals surface area contributed by atoms with Gasteiger partial charge in [-0.2, -0.15) is 0 Å². The highest BCUT2D eigenvalue weighted by Crippen LogP contribution is 2.46. The zero-order chi connectivity index (χ0) is 30.9. The largest absolute Gasteiger partial charge is 0.437 e. The Labute approximate surface area is 251 Å². The molecule has 0 unspecified atom stereocenters. The summed E-state index contributed by atoms with van der Waals surface area (Å²) in [6.45, 7) is 0.308. The maximum Gasteiger partial charge on any atom is 0.280 e. The van der Waals surface area contributed by atoms with Crippen LogP contribution in [0.2, 0.25) is 5.02 Å². The van der Waals surface area contributed by atoms with Gasteiger partial charge in [0.25, 0.3) is 5.56 Å². The minimum atomic E-state index is -2.83. The van der Waals surface area contributed by atoms with Crippen LogP contribution in [0.15, 0.2) is 59.7 Å². The number of rotatable bonds is 7. The van der Waals surface area contributed by atoms with Crippen LogP contribution in [0, 0.1) is 5.92 Å². The number of carbonyl (C=O) groups excluding carboxylic acids is 2. The summed E-state index contributed by atoms with van der Waals surface area (Å²) in [6, 6.07) is 13.1. The van der Waals surface area contributed by atoms with Gasteiger partial charge in [-0.05, 0) is 37.0 Å². The molecule has 2 atom stereocenters. The fraction of sp³-hybridized carbons (Fsp3) is 0.400. The molecule has 2 fully saturated rings. The summed E-state index contributed by atoms with van der Waals surface area (Å²) in [5, 5.41) is 11.4. The Bertz CT molecular complexity index is 1580. The first kappa shape index (κ1) is 30.4. The van der Waals surface area contributed by atoms with Crippen LogP contribution in [-0.4, -0.2) is 56.0 Å². The van der Waals surface area contributed by atoms with Gasteiger partial charge in [0.1, 0.15) is 12.1 Å². The number of alkyl halides is 2. The molecule has 43 heavy (non-hydrogen) atoms. The number of benzene rings is 2. The molecule has 5 N–H and O–H groups in total. The molecular weight excluding hydrogens is 584 g/mol. The molecule has 3 aromatic rings. The number of hydrogen-bond acceptors (Lipinski definition) is 7. The van der Waals surface area contributed by atoms with Gasteiger partial charge in [0.2, 0.25) is 23.6 Å². The van der Waals surface area contributed by atoms with Crippen molar-refractivity contribution in [2.75, 3.05) is 18.8 Å². The van der Waals surface area contributed by atoms with Crippen LogP contribution >= 0.6 is 11.6 Å². The smallest absolute Gasteiger partial charge is 0.280 e. The highest BCUT2D eigenvalue weighted by molar-refractivity contribution is 6.33. The van der Waals surface area contributed by atoms with E-state index in [2.05, 4.69) is 4.98 Å². The van der Waals surface area contributed by atoms with Gasteiger partial charge in [-0.1, -0.05) is 41.9 Å². The maximum atomic E-state index is 14.4. The number of piperidine rings is 1. The molecule has 1 aromatic heterocycles. The number of ether oxygens (including phenoxy) is 1. The molecule has 13 heteroatoms. The molecular formula is C30H32ClF2N5O5. The predicted molar refractivity (Wildman–Crippen MR) is 155 cm³/mol. The predicted octanol–water partition coefficient (Wildman–Crippen LogP) is 3.94. The lowest BCUT2D eigenvalue weighted by atomic mass is 9.73. The van der Waals surface area contributed by atoms with E-state index < -0.39 is 34.8 Å². The first-order valence-corrected chi connectivity index (χ1v) is 14.3. The molecule has 5 rings (SSSR count). The third-order valence-electron chi connectivity index (χ3n) is 8.30. The summed E-state index contributed by atoms with van der Waals surface area (Å²) in [5.41, 5.74) is 9.82. The van der Waals surface area contributed by atoms with Gasteiger partial charge in [0.05, 0.1) is 22.7 Å². The lowest BCUT2D eigenvalue weighted by Gasteiger charge is -2.42. The molecule has 0 radical (unpaired) electrons. The molecule has 1 saturated carbocycles. The number of amides is 2. The van der Waals surface area contributed by atoms with E-state index in [0.717, 1.165) is 5.56 Å². The molecule has 1 aliphatic heterocycles. The van der Waals surface area contributed by atoms with Crippen molar-refractivity contribution >= 4 is 29.1 Å². The average molecular weight is 616 g/mol. The van der Waals surface area contributed by atoms with E-state index in [4.69, 9.17) is 27.8 Å². The standard InChI is InChI=1S/C30H32ClF2N5O5/c31-23-14-19(6-7-21(23)25(35)39)43-26-24(34)28(41)38(17-36-26)16-29(42)10-12-37(13-11-29)27(40)20-8-9-30(32,33)15-22(20)18-4-2-1-3-5-18/h1-7,14,17,20,22,42H,8-13,15-16,34H2,(H2,35,39)/t20-,22+/m1/s1. The van der Waals surface area contributed by atoms with Gasteiger partial charge >= 0.3 is 0 Å². The summed E-state index contributed by atoms with van der Waals surface area (Å²) in [6.07, 6.45) is 0.916. The first-order chi connectivity index (χ1) is 20.4. The monoisotopic (exact) mass is 615 g/mol. The fourth-order valence-electron chi connectivity index (χ4n) is 5.89. The van der Waals surface area contributed by atoms with Gasteiger partial charge in [-0.3, -0.25) is 19.0 Å². The van der Waals surface area contributed by atoms with Crippen LogP contribution in [0.4, 0.5) is 14.5 Å². The van der Waals surface area contributed by atoms with Crippen molar-refractivity contribution in [2.45, 2.75) is 56.1 Å². The zero-order valence-corrected chi connectivity index (χ0v) is 24.0. The van der Waals surface area contributed by atoms with Crippen LogP contribution in [0.25, 0.3) is 0 Å². The molecule has 10 nitrogen and oxygen atoms in total. The second-order valence-corrected chi connectivity index (χ2v) is 11.7. The topological polar surface area (TPSA) is 154 Å². The average Bonchev–Trinajstić information content (AvgIpc) is 2.97. The Morgan fingerprint density at radius 1 is 1.12 bits per heavy atom. The van der Waals surface area contributed by atoms with E-state index in [-0.39, 0.29) is 85.5 Å². The third kappa shape index (κ3) is 6.65. The number of likely N-dealkylation sites (tertiary alicyclic amines) is 1. The minimum Gasteiger partial charge on any atom is -0.437 e. The number of aromatic nitrogens is 2. The van der Waals surface area contributed by atoms with Gasteiger partial charge in [-0.15, -0.1) is 0 Å². The van der Waals surface area contributed by atoms with Crippen molar-refractivity contribution in [2.24, 2.45) is 11.7 Å². The molecule has 2 aliphatic rings. The van der Waals surface area contributed by atoms with Crippen LogP contribution in [0.5, 0.6) is 11.6 Å². The third-order valence-corrected chi connectivity index (χ3v) is 8.61. The molecule has 2 aromatic carbocycles. The van der Waals surface area contributed by atoms with E-state index in [1.807, 2.05) is 6.07 Å². The number of anilines is 1. The molecule has 1 saturated heterocycles. The van der Waals surface area contributed by atoms with Crippen LogP contribution in [-0.2, 0) is 11.3 Å². The normalized spacial score (nSPS) is 21.3. The van der Waals surface area contributed by atoms with Gasteiger partial charge < -0.3 is 26.2 Å². The fourth-order valence-corrected chi connectivity index (χ4v) is 6.15. The number of nitrogens with zero attached hydrogens (tertiary/aromatic N) is 3. The van der Waals surface area contributed by atoms with Crippen LogP contribution in [0.1, 0.15) is 53.9 Å². The summed E-state index contributed by atoms with van der Waals surface area (Å²) >= 11 is 6.05. The minimum absolute atomic E-state index is 0.0565. The quantitative estimate of drug-likeness (QED) is 0.364. The molecule has 2 amide bonds. The Morgan fingerprint density at radius 2 is 1.81 bits per heavy atom. The number of halogens is 3. The maximum absolute atomic E-state index is 14.4. The Hall–Kier alpha value is -4.03. The van der Waals surface area contributed by atoms with Crippen molar-refractivity contribution in [3.63, 3.8) is 0 Å². The number of carbonyl (C=O) groups is 2. The molecule has 228 valence electrons. The Morgan fingerprint density at radius 3 is 2.47 bits per heavy atom. The van der Waals surface area contributed by atoms with E-state index >= 15 is 0 Å². The number of aliphatic hydroxyl groups is 1. The molecule has 0 bridgehead atoms. The summed E-state index contributed by atoms with van der Waals surface area (Å²) < 4.78 is 35.5. The molecule has 0 spiro atoms. The second kappa shape index (κ2) is 11.9. The van der Waals surface area contributed by atoms with Crippen molar-refractivity contribution < 1.29 is 28.2 Å². The van der Waals surface area contributed by atoms with E-state index in [0.29, 0.717) is 0 Å². The van der Waals surface area contributed by atoms with Crippen LogP contribution < -0.4 is 21.8 Å². The van der Waals surface area contributed by atoms with Gasteiger partial charge in [0.15, 0.2) is 5.69 Å². The molecule has 1 aliphatic carbocycles. The zero-order valence-electron chi connectivity index (χ0n) is 23.2. The van der Waals surface area contributed by atoms with Crippen molar-refractivity contribution in [1.82, 2.24) is 14.5 Å². The van der Waals surface area contributed by atoms with Crippen LogP contribution in [0.3, 0.4) is 0 Å². The summed E-state index contributed by atoms with van der Waals surface area (Å²) in [4.78, 5) is 43.7. The number of nitrogens with two attached hydrogens (primary N) is 2. The summed E-state index contributed by atoms with van der Waals surface area (Å²) in [7, 11) is 0. The van der Waals surface area contributed by atoms with Crippen molar-refractivity contribution in [3.8, 4) is 11.6 Å². The van der Waals surface area contributed by atoms with E-state index in [9.17, 15) is 28.3 Å². The molecule has 2 heterocycles. The Balaban J connectivity index is 1.24. The second-order valence-electron chi connectivity index (χ2n) is 11.3.